The lowest BCUT2D eigenvalue weighted by Gasteiger charge is -2.15. The molecule has 3 aromatic rings. The van der Waals surface area contributed by atoms with Crippen LogP contribution in [0.5, 0.6) is 0 Å². The van der Waals surface area contributed by atoms with Crippen molar-refractivity contribution in [3.05, 3.63) is 60.4 Å². The highest BCUT2D eigenvalue weighted by Gasteiger charge is 2.13. The Morgan fingerprint density at radius 1 is 1.28 bits per heavy atom. The van der Waals surface area contributed by atoms with Crippen molar-refractivity contribution < 1.29 is 9.32 Å². The fraction of sp³-hybridized carbons (Fsp3) is 0.316. The number of amides is 1. The van der Waals surface area contributed by atoms with Crippen molar-refractivity contribution in [2.24, 2.45) is 0 Å². The average Bonchev–Trinajstić information content (AvgIpc) is 3.25. The molecule has 1 aromatic carbocycles. The number of carbonyl (C=O) groups excluding carboxylic acids is 1. The summed E-state index contributed by atoms with van der Waals surface area (Å²) in [4.78, 5) is 18.1. The van der Waals surface area contributed by atoms with Gasteiger partial charge < -0.3 is 14.0 Å². The lowest BCUT2D eigenvalue weighted by molar-refractivity contribution is -0.130. The van der Waals surface area contributed by atoms with Gasteiger partial charge >= 0.3 is 0 Å². The van der Waals surface area contributed by atoms with Crippen LogP contribution in [-0.2, 0) is 17.9 Å². The molecule has 0 radical (unpaired) electrons. The zero-order valence-electron chi connectivity index (χ0n) is 14.6. The van der Waals surface area contributed by atoms with E-state index in [1.807, 2.05) is 49.5 Å². The Bertz CT molecular complexity index is 823. The third-order valence-electron chi connectivity index (χ3n) is 4.16. The molecule has 130 valence electrons. The molecule has 0 fully saturated rings. The smallest absolute Gasteiger partial charge is 0.222 e. The number of hydrogen-bond acceptors (Lipinski definition) is 4. The summed E-state index contributed by atoms with van der Waals surface area (Å²) in [6, 6.07) is 11.7. The summed E-state index contributed by atoms with van der Waals surface area (Å²) >= 11 is 0. The minimum atomic E-state index is 0.0930. The Hall–Kier alpha value is -2.89. The van der Waals surface area contributed by atoms with E-state index < -0.39 is 0 Å². The molecule has 0 aliphatic rings. The highest BCUT2D eigenvalue weighted by atomic mass is 16.5. The molecule has 2 heterocycles. The van der Waals surface area contributed by atoms with E-state index in [-0.39, 0.29) is 5.91 Å². The Balaban J connectivity index is 1.50. The highest BCUT2D eigenvalue weighted by molar-refractivity contribution is 5.75. The SMILES string of the molecule is Cc1nccn1CCCC(=O)N(C)Cc1cc(-c2ccccc2)no1. The first-order valence-corrected chi connectivity index (χ1v) is 8.36. The van der Waals surface area contributed by atoms with Gasteiger partial charge in [-0.05, 0) is 13.3 Å². The van der Waals surface area contributed by atoms with Gasteiger partial charge in [0.05, 0.1) is 6.54 Å². The topological polar surface area (TPSA) is 64.2 Å². The first-order chi connectivity index (χ1) is 12.1. The molecular formula is C19H22N4O2. The molecule has 0 spiro atoms. The van der Waals surface area contributed by atoms with Gasteiger partial charge in [-0.1, -0.05) is 35.5 Å². The van der Waals surface area contributed by atoms with Gasteiger partial charge in [-0.3, -0.25) is 4.79 Å². The summed E-state index contributed by atoms with van der Waals surface area (Å²) in [6.07, 6.45) is 4.99. The van der Waals surface area contributed by atoms with Gasteiger partial charge in [-0.25, -0.2) is 4.98 Å². The van der Waals surface area contributed by atoms with Gasteiger partial charge in [-0.2, -0.15) is 0 Å². The highest BCUT2D eigenvalue weighted by Crippen LogP contribution is 2.19. The lowest BCUT2D eigenvalue weighted by Crippen LogP contribution is -2.26. The van der Waals surface area contributed by atoms with Crippen LogP contribution in [-0.4, -0.2) is 32.6 Å². The molecular weight excluding hydrogens is 316 g/mol. The molecule has 0 aliphatic heterocycles. The van der Waals surface area contributed by atoms with Crippen LogP contribution < -0.4 is 0 Å². The van der Waals surface area contributed by atoms with Crippen molar-refractivity contribution in [2.75, 3.05) is 7.05 Å². The average molecular weight is 338 g/mol. The van der Waals surface area contributed by atoms with Crippen LogP contribution in [0.4, 0.5) is 0 Å². The second kappa shape index (κ2) is 7.79. The van der Waals surface area contributed by atoms with E-state index >= 15 is 0 Å². The number of nitrogens with zero attached hydrogens (tertiary/aromatic N) is 4. The Morgan fingerprint density at radius 2 is 2.08 bits per heavy atom. The summed E-state index contributed by atoms with van der Waals surface area (Å²) in [5.41, 5.74) is 1.79. The molecule has 0 atom stereocenters. The molecule has 6 heteroatoms. The first kappa shape index (κ1) is 17.0. The maximum atomic E-state index is 12.3. The van der Waals surface area contributed by atoms with Crippen molar-refractivity contribution in [3.8, 4) is 11.3 Å². The maximum absolute atomic E-state index is 12.3. The summed E-state index contributed by atoms with van der Waals surface area (Å²) in [5, 5.41) is 4.08. The van der Waals surface area contributed by atoms with Gasteiger partial charge in [0, 0.05) is 44.0 Å². The van der Waals surface area contributed by atoms with Crippen LogP contribution in [0.1, 0.15) is 24.4 Å². The molecule has 0 N–H and O–H groups in total. The first-order valence-electron chi connectivity index (χ1n) is 8.36. The Morgan fingerprint density at radius 3 is 2.80 bits per heavy atom. The van der Waals surface area contributed by atoms with Crippen LogP contribution in [0.15, 0.2) is 53.3 Å². The molecule has 3 rings (SSSR count). The quantitative estimate of drug-likeness (QED) is 0.663. The standard InChI is InChI=1S/C19H22N4O2/c1-15-20-10-12-23(15)11-6-9-19(24)22(2)14-17-13-18(21-25-17)16-7-4-3-5-8-16/h3-5,7-8,10,12-13H,6,9,11,14H2,1-2H3. The maximum Gasteiger partial charge on any atom is 0.222 e. The largest absolute Gasteiger partial charge is 0.359 e. The minimum Gasteiger partial charge on any atom is -0.359 e. The van der Waals surface area contributed by atoms with Crippen molar-refractivity contribution >= 4 is 5.91 Å². The fourth-order valence-electron chi connectivity index (χ4n) is 2.69. The molecule has 25 heavy (non-hydrogen) atoms. The van der Waals surface area contributed by atoms with E-state index in [0.29, 0.717) is 18.7 Å². The molecule has 0 unspecified atom stereocenters. The van der Waals surface area contributed by atoms with Crippen molar-refractivity contribution in [3.63, 3.8) is 0 Å². The predicted octanol–water partition coefficient (Wildman–Crippen LogP) is 3.29. The monoisotopic (exact) mass is 338 g/mol. The van der Waals surface area contributed by atoms with Gasteiger partial charge in [0.1, 0.15) is 11.5 Å². The molecule has 0 aliphatic carbocycles. The van der Waals surface area contributed by atoms with Gasteiger partial charge in [0.15, 0.2) is 5.76 Å². The number of rotatable bonds is 7. The van der Waals surface area contributed by atoms with E-state index in [1.165, 1.54) is 0 Å². The van der Waals surface area contributed by atoms with Crippen molar-refractivity contribution in [1.82, 2.24) is 19.6 Å². The summed E-state index contributed by atoms with van der Waals surface area (Å²) in [5.74, 6) is 1.74. The molecule has 0 saturated carbocycles. The fourth-order valence-corrected chi connectivity index (χ4v) is 2.69. The molecule has 0 saturated heterocycles. The summed E-state index contributed by atoms with van der Waals surface area (Å²) < 4.78 is 7.41. The van der Waals surface area contributed by atoms with Crippen molar-refractivity contribution in [2.45, 2.75) is 32.9 Å². The number of imidazole rings is 1. The van der Waals surface area contributed by atoms with Gasteiger partial charge in [-0.15, -0.1) is 0 Å². The summed E-state index contributed by atoms with van der Waals surface area (Å²) in [6.45, 7) is 3.18. The molecule has 2 aromatic heterocycles. The summed E-state index contributed by atoms with van der Waals surface area (Å²) in [7, 11) is 1.79. The van der Waals surface area contributed by atoms with Crippen LogP contribution in [0, 0.1) is 6.92 Å². The van der Waals surface area contributed by atoms with E-state index in [1.54, 1.807) is 18.1 Å². The van der Waals surface area contributed by atoms with E-state index in [9.17, 15) is 4.79 Å². The zero-order valence-corrected chi connectivity index (χ0v) is 14.6. The number of aryl methyl sites for hydroxylation is 2. The van der Waals surface area contributed by atoms with Gasteiger partial charge in [0.25, 0.3) is 0 Å². The van der Waals surface area contributed by atoms with Crippen LogP contribution >= 0.6 is 0 Å². The second-order valence-corrected chi connectivity index (χ2v) is 6.07. The molecule has 0 bridgehead atoms. The molecule has 1 amide bonds. The predicted molar refractivity (Wildman–Crippen MR) is 94.6 cm³/mol. The van der Waals surface area contributed by atoms with Gasteiger partial charge in [0.2, 0.25) is 5.91 Å². The second-order valence-electron chi connectivity index (χ2n) is 6.07. The van der Waals surface area contributed by atoms with E-state index in [4.69, 9.17) is 4.52 Å². The lowest BCUT2D eigenvalue weighted by atomic mass is 10.1. The number of carbonyl (C=O) groups is 1. The van der Waals surface area contributed by atoms with Crippen LogP contribution in [0.2, 0.25) is 0 Å². The van der Waals surface area contributed by atoms with Crippen LogP contribution in [0.3, 0.4) is 0 Å². The minimum absolute atomic E-state index is 0.0930. The third kappa shape index (κ3) is 4.35. The molecule has 6 nitrogen and oxygen atoms in total. The Kier molecular flexibility index (Phi) is 5.28. The van der Waals surface area contributed by atoms with E-state index in [2.05, 4.69) is 14.7 Å². The normalized spacial score (nSPS) is 10.8. The Labute approximate surface area is 147 Å². The van der Waals surface area contributed by atoms with Crippen LogP contribution in [0.25, 0.3) is 11.3 Å². The van der Waals surface area contributed by atoms with E-state index in [0.717, 1.165) is 30.0 Å². The zero-order chi connectivity index (χ0) is 17.6. The van der Waals surface area contributed by atoms with Crippen molar-refractivity contribution in [1.29, 1.82) is 0 Å². The number of benzene rings is 1. The number of aromatic nitrogens is 3. The third-order valence-corrected chi connectivity index (χ3v) is 4.16. The number of hydrogen-bond donors (Lipinski definition) is 0.